The lowest BCUT2D eigenvalue weighted by Gasteiger charge is -2.51. The molecule has 5 nitrogen and oxygen atoms in total. The average molecular weight is 432 g/mol. The van der Waals surface area contributed by atoms with Crippen LogP contribution in [0.3, 0.4) is 0 Å². The summed E-state index contributed by atoms with van der Waals surface area (Å²) in [5, 5.41) is 5.02. The van der Waals surface area contributed by atoms with Crippen molar-refractivity contribution in [2.75, 3.05) is 7.11 Å². The zero-order chi connectivity index (χ0) is 22.4. The lowest BCUT2D eigenvalue weighted by atomic mass is 9.79. The molecule has 1 fully saturated rings. The highest BCUT2D eigenvalue weighted by Gasteiger charge is 2.48. The van der Waals surface area contributed by atoms with Crippen LogP contribution in [0.2, 0.25) is 0 Å². The third-order valence-electron chi connectivity index (χ3n) is 7.18. The fraction of sp³-hybridized carbons (Fsp3) is 0.444. The first kappa shape index (κ1) is 21.2. The minimum atomic E-state index is -0.289. The molecule has 0 radical (unpaired) electrons. The molecule has 2 aliphatic rings. The van der Waals surface area contributed by atoms with E-state index >= 15 is 0 Å². The second-order valence-corrected chi connectivity index (χ2v) is 9.69. The first-order chi connectivity index (χ1) is 15.5. The Morgan fingerprint density at radius 1 is 1.09 bits per heavy atom. The summed E-state index contributed by atoms with van der Waals surface area (Å²) in [5.41, 5.74) is 6.20. The van der Waals surface area contributed by atoms with Gasteiger partial charge in [-0.3, -0.25) is 9.69 Å². The van der Waals surface area contributed by atoms with Gasteiger partial charge in [-0.2, -0.15) is 0 Å². The van der Waals surface area contributed by atoms with Crippen molar-refractivity contribution < 1.29 is 9.53 Å². The van der Waals surface area contributed by atoms with E-state index in [4.69, 9.17) is 4.74 Å². The molecular weight excluding hydrogens is 398 g/mol. The number of aromatic nitrogens is 1. The lowest BCUT2D eigenvalue weighted by Crippen LogP contribution is -2.56. The van der Waals surface area contributed by atoms with Crippen LogP contribution < -0.4 is 5.32 Å². The summed E-state index contributed by atoms with van der Waals surface area (Å²) < 4.78 is 5.33. The summed E-state index contributed by atoms with van der Waals surface area (Å²) in [6, 6.07) is 18.0. The monoisotopic (exact) mass is 431 g/mol. The first-order valence-corrected chi connectivity index (χ1v) is 11.7. The number of carbonyl (C=O) groups is 1. The number of aryl methyl sites for hydroxylation is 1. The molecule has 168 valence electrons. The predicted molar refractivity (Wildman–Crippen MR) is 128 cm³/mol. The van der Waals surface area contributed by atoms with Crippen molar-refractivity contribution in [3.63, 3.8) is 0 Å². The van der Waals surface area contributed by atoms with E-state index in [0.29, 0.717) is 18.5 Å². The van der Waals surface area contributed by atoms with Crippen molar-refractivity contribution in [2.24, 2.45) is 0 Å². The quantitative estimate of drug-likeness (QED) is 0.582. The van der Waals surface area contributed by atoms with Crippen LogP contribution in [-0.4, -0.2) is 41.1 Å². The fourth-order valence-electron chi connectivity index (χ4n) is 5.87. The lowest BCUT2D eigenvalue weighted by molar-refractivity contribution is -0.152. The number of hydrogen-bond acceptors (Lipinski definition) is 4. The normalized spacial score (nSPS) is 25.5. The number of ether oxygens (including phenoxy) is 1. The molecule has 3 aromatic rings. The largest absolute Gasteiger partial charge is 0.468 e. The van der Waals surface area contributed by atoms with Gasteiger partial charge in [0.05, 0.1) is 13.2 Å². The highest BCUT2D eigenvalue weighted by molar-refractivity contribution is 5.87. The molecule has 5 rings (SSSR count). The topological polar surface area (TPSA) is 57.4 Å². The van der Waals surface area contributed by atoms with Crippen LogP contribution in [0.15, 0.2) is 48.5 Å². The second kappa shape index (κ2) is 8.38. The van der Waals surface area contributed by atoms with Gasteiger partial charge in [0, 0.05) is 41.1 Å². The summed E-state index contributed by atoms with van der Waals surface area (Å²) in [6.07, 6.45) is 2.61. The summed E-state index contributed by atoms with van der Waals surface area (Å²) >= 11 is 0. The number of methoxy groups -OCH3 is 1. The standard InChI is InChI=1S/C27H33N3O2/c1-16(2)28-19-13-23(18-11-9-17(3)10-12-18)30-24(14-19)26-21(15-25(30)27(31)32-4)20-7-5-6-8-22(20)29-26/h5-12,16,19,23-25,28-29H,13-15H2,1-4H3. The molecule has 32 heavy (non-hydrogen) atoms. The second-order valence-electron chi connectivity index (χ2n) is 9.69. The van der Waals surface area contributed by atoms with Crippen LogP contribution in [0.5, 0.6) is 0 Å². The smallest absolute Gasteiger partial charge is 0.323 e. The van der Waals surface area contributed by atoms with E-state index in [1.54, 1.807) is 0 Å². The Kier molecular flexibility index (Phi) is 5.56. The van der Waals surface area contributed by atoms with Crippen LogP contribution in [0.1, 0.15) is 61.2 Å². The van der Waals surface area contributed by atoms with Gasteiger partial charge in [0.15, 0.2) is 0 Å². The van der Waals surface area contributed by atoms with Crippen molar-refractivity contribution in [3.05, 3.63) is 70.9 Å². The molecule has 1 aromatic heterocycles. The Labute approximate surface area is 190 Å². The molecule has 4 unspecified atom stereocenters. The molecule has 2 N–H and O–H groups in total. The Balaban J connectivity index is 1.66. The SMILES string of the molecule is COC(=O)C1Cc2c([nH]c3ccccc23)C2CC(NC(C)C)CC(c3ccc(C)cc3)N12. The van der Waals surface area contributed by atoms with Gasteiger partial charge in [0.1, 0.15) is 6.04 Å². The number of H-pyrrole nitrogens is 1. The number of rotatable bonds is 4. The predicted octanol–water partition coefficient (Wildman–Crippen LogP) is 4.82. The molecule has 0 amide bonds. The highest BCUT2D eigenvalue weighted by Crippen LogP contribution is 2.48. The summed E-state index contributed by atoms with van der Waals surface area (Å²) in [5.74, 6) is -0.140. The van der Waals surface area contributed by atoms with E-state index in [2.05, 4.69) is 84.5 Å². The number of hydrogen-bond donors (Lipinski definition) is 2. The number of piperidine rings is 1. The van der Waals surface area contributed by atoms with E-state index < -0.39 is 0 Å². The summed E-state index contributed by atoms with van der Waals surface area (Å²) in [4.78, 5) is 19.3. The van der Waals surface area contributed by atoms with Gasteiger partial charge < -0.3 is 15.0 Å². The van der Waals surface area contributed by atoms with Crippen LogP contribution in [0, 0.1) is 6.92 Å². The number of fused-ring (bicyclic) bond motifs is 5. The third-order valence-corrected chi connectivity index (χ3v) is 7.18. The van der Waals surface area contributed by atoms with E-state index in [9.17, 15) is 4.79 Å². The third kappa shape index (κ3) is 3.63. The van der Waals surface area contributed by atoms with Gasteiger partial charge in [0.25, 0.3) is 0 Å². The zero-order valence-electron chi connectivity index (χ0n) is 19.4. The molecule has 4 atom stereocenters. The van der Waals surface area contributed by atoms with E-state index in [0.717, 1.165) is 18.4 Å². The number of esters is 1. The molecule has 0 bridgehead atoms. The zero-order valence-corrected chi connectivity index (χ0v) is 19.4. The summed E-state index contributed by atoms with van der Waals surface area (Å²) in [6.45, 7) is 6.53. The maximum absolute atomic E-state index is 13.1. The van der Waals surface area contributed by atoms with Crippen LogP contribution in [0.4, 0.5) is 0 Å². The van der Waals surface area contributed by atoms with E-state index in [1.165, 1.54) is 34.9 Å². The Morgan fingerprint density at radius 3 is 2.53 bits per heavy atom. The highest BCUT2D eigenvalue weighted by atomic mass is 16.5. The van der Waals surface area contributed by atoms with E-state index in [1.807, 2.05) is 0 Å². The molecule has 3 heterocycles. The van der Waals surface area contributed by atoms with Gasteiger partial charge in [-0.15, -0.1) is 0 Å². The maximum atomic E-state index is 13.1. The molecule has 2 aliphatic heterocycles. The number of nitrogens with zero attached hydrogens (tertiary/aromatic N) is 1. The fourth-order valence-corrected chi connectivity index (χ4v) is 5.87. The van der Waals surface area contributed by atoms with Gasteiger partial charge in [-0.25, -0.2) is 0 Å². The van der Waals surface area contributed by atoms with Crippen LogP contribution in [0.25, 0.3) is 10.9 Å². The molecule has 2 aromatic carbocycles. The molecule has 5 heteroatoms. The van der Waals surface area contributed by atoms with Crippen molar-refractivity contribution in [3.8, 4) is 0 Å². The van der Waals surface area contributed by atoms with Crippen molar-refractivity contribution >= 4 is 16.9 Å². The molecule has 0 spiro atoms. The van der Waals surface area contributed by atoms with Crippen LogP contribution in [-0.2, 0) is 16.0 Å². The first-order valence-electron chi connectivity index (χ1n) is 11.7. The Morgan fingerprint density at radius 2 is 1.81 bits per heavy atom. The number of carbonyl (C=O) groups excluding carboxylic acids is 1. The van der Waals surface area contributed by atoms with Gasteiger partial charge in [-0.05, 0) is 37.0 Å². The minimum Gasteiger partial charge on any atom is -0.468 e. The molecule has 1 saturated heterocycles. The summed E-state index contributed by atoms with van der Waals surface area (Å²) in [7, 11) is 1.51. The van der Waals surface area contributed by atoms with E-state index in [-0.39, 0.29) is 24.1 Å². The van der Waals surface area contributed by atoms with Crippen molar-refractivity contribution in [2.45, 2.75) is 70.2 Å². The molecule has 0 saturated carbocycles. The van der Waals surface area contributed by atoms with Crippen molar-refractivity contribution in [1.82, 2.24) is 15.2 Å². The average Bonchev–Trinajstić information content (AvgIpc) is 3.16. The number of aromatic amines is 1. The van der Waals surface area contributed by atoms with Crippen molar-refractivity contribution in [1.29, 1.82) is 0 Å². The number of benzene rings is 2. The van der Waals surface area contributed by atoms with Gasteiger partial charge in [0.2, 0.25) is 0 Å². The number of para-hydroxylation sites is 1. The van der Waals surface area contributed by atoms with Crippen LogP contribution >= 0.6 is 0 Å². The minimum absolute atomic E-state index is 0.131. The molecular formula is C27H33N3O2. The Hall–Kier alpha value is -2.63. The maximum Gasteiger partial charge on any atom is 0.323 e. The van der Waals surface area contributed by atoms with Gasteiger partial charge >= 0.3 is 5.97 Å². The Bertz CT molecular complexity index is 1120. The number of nitrogens with one attached hydrogen (secondary N) is 2. The van der Waals surface area contributed by atoms with Gasteiger partial charge in [-0.1, -0.05) is 61.9 Å². The molecule has 0 aliphatic carbocycles.